The molecule has 4 rings (SSSR count). The fourth-order valence-corrected chi connectivity index (χ4v) is 2.74. The van der Waals surface area contributed by atoms with E-state index in [0.29, 0.717) is 11.3 Å². The van der Waals surface area contributed by atoms with Crippen LogP contribution >= 0.6 is 0 Å². The SMILES string of the molecule is O=C(O)c1ccc(-c2noc3cc(-c4ccc(F)cc4)ccc23)cc1. The number of hydrogen-bond donors (Lipinski definition) is 1. The van der Waals surface area contributed by atoms with Gasteiger partial charge in [-0.1, -0.05) is 35.5 Å². The summed E-state index contributed by atoms with van der Waals surface area (Å²) in [6.07, 6.45) is 0. The van der Waals surface area contributed by atoms with Gasteiger partial charge in [-0.15, -0.1) is 0 Å². The van der Waals surface area contributed by atoms with Crippen LogP contribution in [0.3, 0.4) is 0 Å². The molecular formula is C20H12FNO3. The zero-order chi connectivity index (χ0) is 17.4. The van der Waals surface area contributed by atoms with Gasteiger partial charge in [0.25, 0.3) is 0 Å². The maximum Gasteiger partial charge on any atom is 0.335 e. The largest absolute Gasteiger partial charge is 0.478 e. The summed E-state index contributed by atoms with van der Waals surface area (Å²) in [5.74, 6) is -1.25. The fraction of sp³-hybridized carbons (Fsp3) is 0. The number of aromatic carboxylic acids is 1. The summed E-state index contributed by atoms with van der Waals surface area (Å²) in [6.45, 7) is 0. The number of carboxylic acids is 1. The number of nitrogens with zero attached hydrogens (tertiary/aromatic N) is 1. The topological polar surface area (TPSA) is 63.3 Å². The molecule has 0 bridgehead atoms. The van der Waals surface area contributed by atoms with E-state index in [1.54, 1.807) is 24.3 Å². The summed E-state index contributed by atoms with van der Waals surface area (Å²) in [7, 11) is 0. The van der Waals surface area contributed by atoms with Crippen LogP contribution in [-0.4, -0.2) is 16.2 Å². The predicted molar refractivity (Wildman–Crippen MR) is 91.8 cm³/mol. The zero-order valence-corrected chi connectivity index (χ0v) is 12.9. The van der Waals surface area contributed by atoms with Gasteiger partial charge in [0.15, 0.2) is 5.58 Å². The number of hydrogen-bond acceptors (Lipinski definition) is 3. The Morgan fingerprint density at radius 3 is 2.20 bits per heavy atom. The molecule has 0 fully saturated rings. The molecule has 0 amide bonds. The minimum Gasteiger partial charge on any atom is -0.478 e. The Morgan fingerprint density at radius 1 is 0.880 bits per heavy atom. The van der Waals surface area contributed by atoms with Gasteiger partial charge in [0.1, 0.15) is 11.5 Å². The molecular weight excluding hydrogens is 321 g/mol. The first-order chi connectivity index (χ1) is 12.1. The van der Waals surface area contributed by atoms with Gasteiger partial charge in [-0.3, -0.25) is 0 Å². The zero-order valence-electron chi connectivity index (χ0n) is 12.9. The lowest BCUT2D eigenvalue weighted by Gasteiger charge is -2.02. The van der Waals surface area contributed by atoms with Crippen LogP contribution in [0.25, 0.3) is 33.4 Å². The standard InChI is InChI=1S/C20H12FNO3/c21-16-8-5-12(6-9-16)15-7-10-17-18(11-15)25-22-19(17)13-1-3-14(4-2-13)20(23)24/h1-11H,(H,23,24). The third-order valence-electron chi connectivity index (χ3n) is 4.05. The van der Waals surface area contributed by atoms with Crippen LogP contribution in [-0.2, 0) is 0 Å². The van der Waals surface area contributed by atoms with E-state index in [-0.39, 0.29) is 11.4 Å². The monoisotopic (exact) mass is 333 g/mol. The van der Waals surface area contributed by atoms with Crippen molar-refractivity contribution in [3.05, 3.63) is 78.1 Å². The lowest BCUT2D eigenvalue weighted by molar-refractivity contribution is 0.0697. The van der Waals surface area contributed by atoms with Gasteiger partial charge in [-0.25, -0.2) is 9.18 Å². The first kappa shape index (κ1) is 15.1. The highest BCUT2D eigenvalue weighted by molar-refractivity contribution is 5.94. The minimum absolute atomic E-state index is 0.218. The number of aromatic nitrogens is 1. The molecule has 0 radical (unpaired) electrons. The average molecular weight is 333 g/mol. The van der Waals surface area contributed by atoms with E-state index in [2.05, 4.69) is 5.16 Å². The summed E-state index contributed by atoms with van der Waals surface area (Å²) >= 11 is 0. The van der Waals surface area contributed by atoms with Gasteiger partial charge in [-0.2, -0.15) is 0 Å². The smallest absolute Gasteiger partial charge is 0.335 e. The van der Waals surface area contributed by atoms with E-state index >= 15 is 0 Å². The van der Waals surface area contributed by atoms with Gasteiger partial charge < -0.3 is 9.63 Å². The van der Waals surface area contributed by atoms with Gasteiger partial charge >= 0.3 is 5.97 Å². The number of halogens is 1. The maximum atomic E-state index is 13.1. The van der Waals surface area contributed by atoms with Gasteiger partial charge in [-0.05, 0) is 47.5 Å². The quantitative estimate of drug-likeness (QED) is 0.573. The lowest BCUT2D eigenvalue weighted by Crippen LogP contribution is -1.94. The van der Waals surface area contributed by atoms with Crippen LogP contribution in [0.1, 0.15) is 10.4 Å². The molecule has 1 aromatic heterocycles. The van der Waals surface area contributed by atoms with Crippen molar-refractivity contribution in [3.8, 4) is 22.4 Å². The second-order valence-corrected chi connectivity index (χ2v) is 5.63. The molecule has 25 heavy (non-hydrogen) atoms. The molecule has 1 N–H and O–H groups in total. The lowest BCUT2D eigenvalue weighted by atomic mass is 10.0. The third-order valence-corrected chi connectivity index (χ3v) is 4.05. The highest BCUT2D eigenvalue weighted by Gasteiger charge is 2.12. The molecule has 0 aliphatic heterocycles. The van der Waals surface area contributed by atoms with E-state index in [9.17, 15) is 9.18 Å². The van der Waals surface area contributed by atoms with Gasteiger partial charge in [0, 0.05) is 10.9 Å². The Bertz CT molecular complexity index is 1070. The van der Waals surface area contributed by atoms with E-state index in [1.165, 1.54) is 24.3 Å². The Labute approximate surface area is 142 Å². The molecule has 4 nitrogen and oxygen atoms in total. The van der Waals surface area contributed by atoms with Crippen LogP contribution in [0.5, 0.6) is 0 Å². The number of carboxylic acid groups (broad SMARTS) is 1. The highest BCUT2D eigenvalue weighted by atomic mass is 19.1. The van der Waals surface area contributed by atoms with Crippen molar-refractivity contribution in [3.63, 3.8) is 0 Å². The Morgan fingerprint density at radius 2 is 1.52 bits per heavy atom. The Hall–Kier alpha value is -3.47. The molecule has 0 unspecified atom stereocenters. The van der Waals surface area contributed by atoms with Crippen molar-refractivity contribution in [2.75, 3.05) is 0 Å². The van der Waals surface area contributed by atoms with Crippen LogP contribution in [0.15, 0.2) is 71.3 Å². The number of fused-ring (bicyclic) bond motifs is 1. The third kappa shape index (κ3) is 2.76. The number of rotatable bonds is 3. The first-order valence-electron chi connectivity index (χ1n) is 7.61. The van der Waals surface area contributed by atoms with E-state index in [4.69, 9.17) is 9.63 Å². The summed E-state index contributed by atoms with van der Waals surface area (Å²) in [5, 5.41) is 13.9. The predicted octanol–water partition coefficient (Wildman–Crippen LogP) is 5.00. The second kappa shape index (κ2) is 5.87. The molecule has 0 saturated heterocycles. The maximum absolute atomic E-state index is 13.1. The summed E-state index contributed by atoms with van der Waals surface area (Å²) in [6, 6.07) is 18.4. The summed E-state index contributed by atoms with van der Waals surface area (Å²) in [4.78, 5) is 10.9. The Balaban J connectivity index is 1.75. The van der Waals surface area contributed by atoms with Crippen LogP contribution < -0.4 is 0 Å². The molecule has 1 heterocycles. The molecule has 0 saturated carbocycles. The van der Waals surface area contributed by atoms with Gasteiger partial charge in [0.2, 0.25) is 0 Å². The second-order valence-electron chi connectivity index (χ2n) is 5.63. The van der Waals surface area contributed by atoms with Crippen molar-refractivity contribution in [2.24, 2.45) is 0 Å². The number of carbonyl (C=O) groups is 1. The number of benzene rings is 3. The summed E-state index contributed by atoms with van der Waals surface area (Å²) < 4.78 is 18.5. The Kier molecular flexibility index (Phi) is 3.54. The highest BCUT2D eigenvalue weighted by Crippen LogP contribution is 2.31. The van der Waals surface area contributed by atoms with Crippen molar-refractivity contribution >= 4 is 16.9 Å². The molecule has 5 heteroatoms. The molecule has 0 atom stereocenters. The molecule has 0 spiro atoms. The van der Waals surface area contributed by atoms with Crippen molar-refractivity contribution in [1.82, 2.24) is 5.16 Å². The van der Waals surface area contributed by atoms with E-state index in [0.717, 1.165) is 22.1 Å². The normalized spacial score (nSPS) is 10.9. The van der Waals surface area contributed by atoms with Crippen LogP contribution in [0.2, 0.25) is 0 Å². The molecule has 122 valence electrons. The van der Waals surface area contributed by atoms with Crippen LogP contribution in [0, 0.1) is 5.82 Å². The van der Waals surface area contributed by atoms with E-state index in [1.807, 2.05) is 18.2 Å². The fourth-order valence-electron chi connectivity index (χ4n) is 2.74. The van der Waals surface area contributed by atoms with Gasteiger partial charge in [0.05, 0.1) is 5.56 Å². The summed E-state index contributed by atoms with van der Waals surface area (Å²) in [5.41, 5.74) is 4.04. The van der Waals surface area contributed by atoms with Crippen LogP contribution in [0.4, 0.5) is 4.39 Å². The van der Waals surface area contributed by atoms with Crippen molar-refractivity contribution < 1.29 is 18.8 Å². The van der Waals surface area contributed by atoms with Crippen molar-refractivity contribution in [1.29, 1.82) is 0 Å². The average Bonchev–Trinajstić information content (AvgIpc) is 3.05. The molecule has 3 aromatic carbocycles. The first-order valence-corrected chi connectivity index (χ1v) is 7.61. The van der Waals surface area contributed by atoms with E-state index < -0.39 is 5.97 Å². The molecule has 4 aromatic rings. The molecule has 0 aliphatic carbocycles. The molecule has 0 aliphatic rings. The van der Waals surface area contributed by atoms with Crippen molar-refractivity contribution in [2.45, 2.75) is 0 Å². The minimum atomic E-state index is -0.972.